The second-order valence-electron chi connectivity index (χ2n) is 4.55. The molecule has 0 spiro atoms. The first-order valence-corrected chi connectivity index (χ1v) is 8.55. The summed E-state index contributed by atoms with van der Waals surface area (Å²) in [5, 5.41) is -0.663. The van der Waals surface area contributed by atoms with Crippen LogP contribution < -0.4 is 4.90 Å². The molecule has 1 fully saturated rings. The van der Waals surface area contributed by atoms with Gasteiger partial charge < -0.3 is 0 Å². The molecule has 1 aliphatic rings. The molecule has 106 valence electrons. The van der Waals surface area contributed by atoms with Crippen LogP contribution in [-0.2, 0) is 4.79 Å². The molecule has 2 aromatic carbocycles. The van der Waals surface area contributed by atoms with Crippen LogP contribution in [0.5, 0.6) is 0 Å². The van der Waals surface area contributed by atoms with Gasteiger partial charge in [-0.1, -0.05) is 36.4 Å². The van der Waals surface area contributed by atoms with E-state index in [0.717, 1.165) is 22.2 Å². The maximum atomic E-state index is 12.6. The Balaban J connectivity index is 1.94. The zero-order chi connectivity index (χ0) is 14.8. The van der Waals surface area contributed by atoms with E-state index >= 15 is 0 Å². The number of amides is 2. The molecule has 5 heteroatoms. The van der Waals surface area contributed by atoms with E-state index in [4.69, 9.17) is 0 Å². The number of carbonyl (C=O) groups excluding carboxylic acids is 2. The first-order valence-electron chi connectivity index (χ1n) is 6.44. The number of rotatable bonds is 3. The van der Waals surface area contributed by atoms with Crippen LogP contribution in [0.1, 0.15) is 10.8 Å². The van der Waals surface area contributed by atoms with Crippen LogP contribution in [0.3, 0.4) is 0 Å². The lowest BCUT2D eigenvalue weighted by Crippen LogP contribution is -2.29. The summed E-state index contributed by atoms with van der Waals surface area (Å²) in [5.41, 5.74) is 1.51. The summed E-state index contributed by atoms with van der Waals surface area (Å²) in [6.45, 7) is 0. The van der Waals surface area contributed by atoms with E-state index in [9.17, 15) is 9.59 Å². The van der Waals surface area contributed by atoms with Gasteiger partial charge in [0.2, 0.25) is 0 Å². The fourth-order valence-corrected chi connectivity index (χ4v) is 3.69. The van der Waals surface area contributed by atoms with Crippen molar-refractivity contribution in [3.05, 3.63) is 60.2 Å². The Kier molecular flexibility index (Phi) is 4.03. The molecule has 0 aromatic heterocycles. The van der Waals surface area contributed by atoms with E-state index in [2.05, 4.69) is 0 Å². The Bertz CT molecular complexity index is 688. The molecule has 1 saturated heterocycles. The monoisotopic (exact) mass is 315 g/mol. The number of benzene rings is 2. The Hall–Kier alpha value is -1.72. The molecule has 2 amide bonds. The van der Waals surface area contributed by atoms with Crippen molar-refractivity contribution in [1.82, 2.24) is 0 Å². The SMILES string of the molecule is CSc1cccc(N2C(=O)SC(c3ccccc3)C2=O)c1. The first-order chi connectivity index (χ1) is 10.2. The lowest BCUT2D eigenvalue weighted by molar-refractivity contribution is -0.117. The van der Waals surface area contributed by atoms with Gasteiger partial charge in [-0.3, -0.25) is 9.59 Å². The lowest BCUT2D eigenvalue weighted by Gasteiger charge is -2.14. The van der Waals surface area contributed by atoms with Gasteiger partial charge in [-0.05, 0) is 41.8 Å². The zero-order valence-electron chi connectivity index (χ0n) is 11.4. The summed E-state index contributed by atoms with van der Waals surface area (Å²) in [5.74, 6) is -0.172. The van der Waals surface area contributed by atoms with Gasteiger partial charge in [0, 0.05) is 4.90 Å². The molecule has 3 rings (SSSR count). The molecule has 0 aliphatic carbocycles. The van der Waals surface area contributed by atoms with E-state index in [1.54, 1.807) is 17.8 Å². The molecule has 21 heavy (non-hydrogen) atoms. The van der Waals surface area contributed by atoms with Crippen LogP contribution >= 0.6 is 23.5 Å². The van der Waals surface area contributed by atoms with Crippen molar-refractivity contribution < 1.29 is 9.59 Å². The third-order valence-corrected chi connectivity index (χ3v) is 5.08. The zero-order valence-corrected chi connectivity index (χ0v) is 13.0. The number of nitrogens with zero attached hydrogens (tertiary/aromatic N) is 1. The van der Waals surface area contributed by atoms with Crippen LogP contribution in [0.2, 0.25) is 0 Å². The van der Waals surface area contributed by atoms with Crippen LogP contribution in [0.4, 0.5) is 10.5 Å². The number of carbonyl (C=O) groups is 2. The van der Waals surface area contributed by atoms with Gasteiger partial charge >= 0.3 is 0 Å². The fraction of sp³-hybridized carbons (Fsp3) is 0.125. The highest BCUT2D eigenvalue weighted by atomic mass is 32.2. The van der Waals surface area contributed by atoms with E-state index < -0.39 is 5.25 Å². The van der Waals surface area contributed by atoms with E-state index in [0.29, 0.717) is 5.69 Å². The third-order valence-electron chi connectivity index (χ3n) is 3.26. The smallest absolute Gasteiger partial charge is 0.272 e. The van der Waals surface area contributed by atoms with Crippen LogP contribution in [0, 0.1) is 0 Å². The van der Waals surface area contributed by atoms with Gasteiger partial charge in [-0.15, -0.1) is 11.8 Å². The number of hydrogen-bond donors (Lipinski definition) is 0. The summed E-state index contributed by atoms with van der Waals surface area (Å²) in [6, 6.07) is 16.9. The topological polar surface area (TPSA) is 37.4 Å². The van der Waals surface area contributed by atoms with Gasteiger partial charge in [-0.2, -0.15) is 0 Å². The molecule has 0 bridgehead atoms. The fourth-order valence-electron chi connectivity index (χ4n) is 2.23. The molecule has 1 heterocycles. The molecule has 0 radical (unpaired) electrons. The van der Waals surface area contributed by atoms with Crippen molar-refractivity contribution in [1.29, 1.82) is 0 Å². The predicted octanol–water partition coefficient (Wildman–Crippen LogP) is 4.35. The van der Waals surface area contributed by atoms with Crippen molar-refractivity contribution in [2.75, 3.05) is 11.2 Å². The largest absolute Gasteiger partial charge is 0.294 e. The minimum absolute atomic E-state index is 0.172. The van der Waals surface area contributed by atoms with Crippen molar-refractivity contribution >= 4 is 40.4 Å². The first kappa shape index (κ1) is 14.2. The molecule has 1 unspecified atom stereocenters. The van der Waals surface area contributed by atoms with Crippen molar-refractivity contribution in [2.24, 2.45) is 0 Å². The number of hydrogen-bond acceptors (Lipinski definition) is 4. The van der Waals surface area contributed by atoms with Crippen LogP contribution in [0.15, 0.2) is 59.5 Å². The van der Waals surface area contributed by atoms with Crippen molar-refractivity contribution in [3.63, 3.8) is 0 Å². The minimum Gasteiger partial charge on any atom is -0.272 e. The second-order valence-corrected chi connectivity index (χ2v) is 6.49. The van der Waals surface area contributed by atoms with E-state index in [1.807, 2.05) is 54.8 Å². The van der Waals surface area contributed by atoms with Gasteiger partial charge in [0.25, 0.3) is 11.1 Å². The standard InChI is InChI=1S/C16H13NO2S2/c1-20-13-9-5-8-12(10-13)17-15(18)14(21-16(17)19)11-6-3-2-4-7-11/h2-10,14H,1H3. The Morgan fingerprint density at radius 2 is 1.81 bits per heavy atom. The highest BCUT2D eigenvalue weighted by Crippen LogP contribution is 2.41. The Morgan fingerprint density at radius 1 is 1.05 bits per heavy atom. The highest BCUT2D eigenvalue weighted by Gasteiger charge is 2.41. The molecule has 1 atom stereocenters. The average molecular weight is 315 g/mol. The Labute approximate surface area is 131 Å². The quantitative estimate of drug-likeness (QED) is 0.789. The molecule has 0 saturated carbocycles. The summed E-state index contributed by atoms with van der Waals surface area (Å²) < 4.78 is 0. The van der Waals surface area contributed by atoms with Gasteiger partial charge in [0.1, 0.15) is 5.25 Å². The predicted molar refractivity (Wildman–Crippen MR) is 87.9 cm³/mol. The molecular weight excluding hydrogens is 302 g/mol. The summed E-state index contributed by atoms with van der Waals surface area (Å²) in [4.78, 5) is 27.1. The highest BCUT2D eigenvalue weighted by molar-refractivity contribution is 8.15. The maximum Gasteiger partial charge on any atom is 0.294 e. The van der Waals surface area contributed by atoms with Gasteiger partial charge in [-0.25, -0.2) is 4.90 Å². The average Bonchev–Trinajstić information content (AvgIpc) is 2.83. The number of imide groups is 1. The molecule has 0 N–H and O–H groups in total. The van der Waals surface area contributed by atoms with Crippen LogP contribution in [0.25, 0.3) is 0 Å². The molecular formula is C16H13NO2S2. The van der Waals surface area contributed by atoms with Crippen LogP contribution in [-0.4, -0.2) is 17.4 Å². The Morgan fingerprint density at radius 3 is 2.52 bits per heavy atom. The number of anilines is 1. The second kappa shape index (κ2) is 5.95. The van der Waals surface area contributed by atoms with E-state index in [1.165, 1.54) is 4.90 Å². The normalized spacial score (nSPS) is 18.3. The summed E-state index contributed by atoms with van der Waals surface area (Å²) >= 11 is 2.66. The van der Waals surface area contributed by atoms with Crippen molar-refractivity contribution in [3.8, 4) is 0 Å². The van der Waals surface area contributed by atoms with Gasteiger partial charge in [0.15, 0.2) is 0 Å². The minimum atomic E-state index is -0.448. The maximum absolute atomic E-state index is 12.6. The third kappa shape index (κ3) is 2.71. The molecule has 1 aliphatic heterocycles. The summed E-state index contributed by atoms with van der Waals surface area (Å²) in [7, 11) is 0. The van der Waals surface area contributed by atoms with Crippen molar-refractivity contribution in [2.45, 2.75) is 10.1 Å². The number of thioether (sulfide) groups is 2. The lowest BCUT2D eigenvalue weighted by atomic mass is 10.1. The van der Waals surface area contributed by atoms with Gasteiger partial charge in [0.05, 0.1) is 5.69 Å². The summed E-state index contributed by atoms with van der Waals surface area (Å²) in [6.07, 6.45) is 1.97. The molecule has 2 aromatic rings. The van der Waals surface area contributed by atoms with E-state index in [-0.39, 0.29) is 11.1 Å². The molecule has 3 nitrogen and oxygen atoms in total.